The molecule has 0 aliphatic heterocycles. The molecular formula is C11H16O. The standard InChI is InChI=1S/C11H16O/c1-4-9-5-10(8(2)3)7-11(12)6-9/h5-8,12H,4H2,1-3H3. The van der Waals surface area contributed by atoms with Gasteiger partial charge in [0.25, 0.3) is 0 Å². The molecule has 1 aromatic carbocycles. The largest absolute Gasteiger partial charge is 0.508 e. The number of hydrogen-bond acceptors (Lipinski definition) is 1. The highest BCUT2D eigenvalue weighted by Gasteiger charge is 2.02. The fourth-order valence-electron chi connectivity index (χ4n) is 1.24. The van der Waals surface area contributed by atoms with Crippen molar-refractivity contribution in [3.05, 3.63) is 29.3 Å². The Bertz CT molecular complexity index is 264. The van der Waals surface area contributed by atoms with Crippen LogP contribution in [-0.4, -0.2) is 5.11 Å². The monoisotopic (exact) mass is 164 g/mol. The fraction of sp³-hybridized carbons (Fsp3) is 0.455. The minimum atomic E-state index is 0.387. The summed E-state index contributed by atoms with van der Waals surface area (Å²) in [7, 11) is 0. The summed E-state index contributed by atoms with van der Waals surface area (Å²) in [6.07, 6.45) is 0.980. The van der Waals surface area contributed by atoms with Crippen molar-refractivity contribution < 1.29 is 5.11 Å². The highest BCUT2D eigenvalue weighted by atomic mass is 16.3. The van der Waals surface area contributed by atoms with Crippen molar-refractivity contribution in [1.82, 2.24) is 0 Å². The van der Waals surface area contributed by atoms with Crippen LogP contribution in [0.1, 0.15) is 37.8 Å². The van der Waals surface area contributed by atoms with E-state index in [9.17, 15) is 5.11 Å². The smallest absolute Gasteiger partial charge is 0.116 e. The number of aromatic hydroxyl groups is 1. The lowest BCUT2D eigenvalue weighted by Gasteiger charge is -2.07. The number of hydrogen-bond donors (Lipinski definition) is 1. The van der Waals surface area contributed by atoms with Crippen LogP contribution < -0.4 is 0 Å². The average molecular weight is 164 g/mol. The fourth-order valence-corrected chi connectivity index (χ4v) is 1.24. The van der Waals surface area contributed by atoms with Gasteiger partial charge in [-0.3, -0.25) is 0 Å². The van der Waals surface area contributed by atoms with Gasteiger partial charge in [-0.05, 0) is 35.6 Å². The molecule has 1 heteroatoms. The molecule has 0 aliphatic carbocycles. The molecule has 0 unspecified atom stereocenters. The van der Waals surface area contributed by atoms with Gasteiger partial charge in [-0.2, -0.15) is 0 Å². The van der Waals surface area contributed by atoms with Crippen molar-refractivity contribution in [3.8, 4) is 5.75 Å². The number of rotatable bonds is 2. The lowest BCUT2D eigenvalue weighted by molar-refractivity contribution is 0.473. The quantitative estimate of drug-likeness (QED) is 0.712. The Balaban J connectivity index is 3.06. The first-order valence-corrected chi connectivity index (χ1v) is 4.46. The summed E-state index contributed by atoms with van der Waals surface area (Å²) in [5.41, 5.74) is 2.42. The molecule has 1 aromatic rings. The Hall–Kier alpha value is -0.980. The summed E-state index contributed by atoms with van der Waals surface area (Å²) in [6, 6.07) is 5.82. The molecule has 0 fully saturated rings. The SMILES string of the molecule is CCc1cc(O)cc(C(C)C)c1. The molecular weight excluding hydrogens is 148 g/mol. The van der Waals surface area contributed by atoms with E-state index in [2.05, 4.69) is 26.8 Å². The van der Waals surface area contributed by atoms with Gasteiger partial charge in [0, 0.05) is 0 Å². The van der Waals surface area contributed by atoms with Gasteiger partial charge >= 0.3 is 0 Å². The van der Waals surface area contributed by atoms with Crippen LogP contribution in [0.25, 0.3) is 0 Å². The number of benzene rings is 1. The lowest BCUT2D eigenvalue weighted by Crippen LogP contribution is -1.89. The summed E-state index contributed by atoms with van der Waals surface area (Å²) in [5, 5.41) is 9.37. The Morgan fingerprint density at radius 3 is 2.42 bits per heavy atom. The Kier molecular flexibility index (Phi) is 2.74. The first-order valence-electron chi connectivity index (χ1n) is 4.46. The van der Waals surface area contributed by atoms with Crippen LogP contribution in [-0.2, 0) is 6.42 Å². The minimum Gasteiger partial charge on any atom is -0.508 e. The molecule has 12 heavy (non-hydrogen) atoms. The van der Waals surface area contributed by atoms with E-state index in [1.54, 1.807) is 0 Å². The van der Waals surface area contributed by atoms with E-state index in [4.69, 9.17) is 0 Å². The Morgan fingerprint density at radius 1 is 1.25 bits per heavy atom. The average Bonchev–Trinajstić information content (AvgIpc) is 2.03. The van der Waals surface area contributed by atoms with Gasteiger partial charge < -0.3 is 5.11 Å². The second-order valence-electron chi connectivity index (χ2n) is 3.44. The van der Waals surface area contributed by atoms with E-state index in [0.717, 1.165) is 6.42 Å². The van der Waals surface area contributed by atoms with Gasteiger partial charge in [-0.1, -0.05) is 26.8 Å². The van der Waals surface area contributed by atoms with Crippen molar-refractivity contribution in [2.75, 3.05) is 0 Å². The Morgan fingerprint density at radius 2 is 1.92 bits per heavy atom. The van der Waals surface area contributed by atoms with Crippen LogP contribution in [0.4, 0.5) is 0 Å². The predicted octanol–water partition coefficient (Wildman–Crippen LogP) is 3.08. The Labute approximate surface area is 74.1 Å². The third-order valence-electron chi connectivity index (χ3n) is 2.07. The van der Waals surface area contributed by atoms with Crippen LogP contribution in [0.5, 0.6) is 5.75 Å². The molecule has 0 amide bonds. The first kappa shape index (κ1) is 9.11. The molecule has 0 heterocycles. The molecule has 1 N–H and O–H groups in total. The zero-order chi connectivity index (χ0) is 9.14. The molecule has 1 nitrogen and oxygen atoms in total. The van der Waals surface area contributed by atoms with E-state index < -0.39 is 0 Å². The van der Waals surface area contributed by atoms with E-state index in [0.29, 0.717) is 11.7 Å². The minimum absolute atomic E-state index is 0.387. The van der Waals surface area contributed by atoms with Gasteiger partial charge in [-0.25, -0.2) is 0 Å². The van der Waals surface area contributed by atoms with Gasteiger partial charge in [0.2, 0.25) is 0 Å². The predicted molar refractivity (Wildman–Crippen MR) is 51.6 cm³/mol. The third kappa shape index (κ3) is 2.00. The van der Waals surface area contributed by atoms with Crippen molar-refractivity contribution in [2.45, 2.75) is 33.1 Å². The molecule has 0 bridgehead atoms. The van der Waals surface area contributed by atoms with Gasteiger partial charge in [-0.15, -0.1) is 0 Å². The van der Waals surface area contributed by atoms with E-state index in [-0.39, 0.29) is 0 Å². The van der Waals surface area contributed by atoms with Crippen molar-refractivity contribution in [2.24, 2.45) is 0 Å². The van der Waals surface area contributed by atoms with Crippen LogP contribution in [0.15, 0.2) is 18.2 Å². The normalized spacial score (nSPS) is 10.7. The summed E-state index contributed by atoms with van der Waals surface area (Å²) in [4.78, 5) is 0. The van der Waals surface area contributed by atoms with Gasteiger partial charge in [0.05, 0.1) is 0 Å². The molecule has 66 valence electrons. The second-order valence-corrected chi connectivity index (χ2v) is 3.44. The van der Waals surface area contributed by atoms with Crippen molar-refractivity contribution in [3.63, 3.8) is 0 Å². The van der Waals surface area contributed by atoms with E-state index >= 15 is 0 Å². The lowest BCUT2D eigenvalue weighted by atomic mass is 9.99. The molecule has 0 saturated heterocycles. The number of phenols is 1. The molecule has 0 spiro atoms. The van der Waals surface area contributed by atoms with E-state index in [1.165, 1.54) is 11.1 Å². The summed E-state index contributed by atoms with van der Waals surface area (Å²) in [6.45, 7) is 6.36. The maximum absolute atomic E-state index is 9.37. The number of aryl methyl sites for hydroxylation is 1. The summed E-state index contributed by atoms with van der Waals surface area (Å²) >= 11 is 0. The van der Waals surface area contributed by atoms with Crippen LogP contribution in [0.2, 0.25) is 0 Å². The van der Waals surface area contributed by atoms with Gasteiger partial charge in [0.15, 0.2) is 0 Å². The van der Waals surface area contributed by atoms with Crippen LogP contribution in [0.3, 0.4) is 0 Å². The molecule has 0 atom stereocenters. The summed E-state index contributed by atoms with van der Waals surface area (Å²) in [5.74, 6) is 0.875. The number of phenolic OH excluding ortho intramolecular Hbond substituents is 1. The van der Waals surface area contributed by atoms with Crippen LogP contribution >= 0.6 is 0 Å². The highest BCUT2D eigenvalue weighted by molar-refractivity contribution is 5.34. The zero-order valence-corrected chi connectivity index (χ0v) is 7.96. The molecule has 1 rings (SSSR count). The van der Waals surface area contributed by atoms with Crippen molar-refractivity contribution in [1.29, 1.82) is 0 Å². The second kappa shape index (κ2) is 3.61. The van der Waals surface area contributed by atoms with Crippen molar-refractivity contribution >= 4 is 0 Å². The zero-order valence-electron chi connectivity index (χ0n) is 7.96. The summed E-state index contributed by atoms with van der Waals surface area (Å²) < 4.78 is 0. The molecule has 0 aliphatic rings. The van der Waals surface area contributed by atoms with Gasteiger partial charge in [0.1, 0.15) is 5.75 Å². The maximum atomic E-state index is 9.37. The molecule has 0 aromatic heterocycles. The first-order chi connectivity index (χ1) is 5.63. The topological polar surface area (TPSA) is 20.2 Å². The van der Waals surface area contributed by atoms with Crippen LogP contribution in [0, 0.1) is 0 Å². The highest BCUT2D eigenvalue weighted by Crippen LogP contribution is 2.22. The maximum Gasteiger partial charge on any atom is 0.116 e. The third-order valence-corrected chi connectivity index (χ3v) is 2.07. The molecule has 0 saturated carbocycles. The molecule has 0 radical (unpaired) electrons. The van der Waals surface area contributed by atoms with E-state index in [1.807, 2.05) is 12.1 Å².